The van der Waals surface area contributed by atoms with Crippen LogP contribution >= 0.6 is 0 Å². The van der Waals surface area contributed by atoms with Gasteiger partial charge in [0.25, 0.3) is 0 Å². The van der Waals surface area contributed by atoms with E-state index in [1.54, 1.807) is 6.08 Å². The van der Waals surface area contributed by atoms with Crippen LogP contribution in [0.4, 0.5) is 0 Å². The Labute approximate surface area is 109 Å². The van der Waals surface area contributed by atoms with E-state index in [9.17, 15) is 9.59 Å². The molecule has 0 atom stereocenters. The zero-order valence-electron chi connectivity index (χ0n) is 10.9. The van der Waals surface area contributed by atoms with Gasteiger partial charge in [0.15, 0.2) is 0 Å². The van der Waals surface area contributed by atoms with E-state index < -0.39 is 0 Å². The molecular formula is C15H22O3. The molecule has 0 rings (SSSR count). The maximum Gasteiger partial charge on any atom is 0.330 e. The van der Waals surface area contributed by atoms with Crippen molar-refractivity contribution in [2.24, 2.45) is 0 Å². The summed E-state index contributed by atoms with van der Waals surface area (Å²) in [6.07, 6.45) is 10.9. The SMILES string of the molecule is C=CCCCC(=O)CCC/C=C/C(=O)OCC=C. The lowest BCUT2D eigenvalue weighted by molar-refractivity contribution is -0.136. The van der Waals surface area contributed by atoms with Crippen molar-refractivity contribution in [3.05, 3.63) is 37.5 Å². The molecule has 0 amide bonds. The Morgan fingerprint density at radius 3 is 2.28 bits per heavy atom. The Balaban J connectivity index is 3.51. The molecule has 0 aromatic rings. The molecule has 100 valence electrons. The molecule has 0 saturated heterocycles. The van der Waals surface area contributed by atoms with Crippen molar-refractivity contribution in [3.63, 3.8) is 0 Å². The summed E-state index contributed by atoms with van der Waals surface area (Å²) in [6, 6.07) is 0. The Kier molecular flexibility index (Phi) is 10.8. The highest BCUT2D eigenvalue weighted by Crippen LogP contribution is 2.04. The monoisotopic (exact) mass is 250 g/mol. The molecule has 0 fully saturated rings. The summed E-state index contributed by atoms with van der Waals surface area (Å²) in [5, 5.41) is 0. The highest BCUT2D eigenvalue weighted by atomic mass is 16.5. The fraction of sp³-hybridized carbons (Fsp3) is 0.467. The van der Waals surface area contributed by atoms with E-state index in [1.165, 1.54) is 12.2 Å². The fourth-order valence-corrected chi connectivity index (χ4v) is 1.35. The minimum atomic E-state index is -0.368. The average Bonchev–Trinajstić information content (AvgIpc) is 2.36. The number of rotatable bonds is 11. The third-order valence-electron chi connectivity index (χ3n) is 2.29. The number of ether oxygens (including phenoxy) is 1. The second-order valence-electron chi connectivity index (χ2n) is 3.93. The minimum Gasteiger partial charge on any atom is -0.458 e. The van der Waals surface area contributed by atoms with Crippen LogP contribution in [0.25, 0.3) is 0 Å². The molecule has 0 aromatic carbocycles. The Bertz CT molecular complexity index is 303. The molecule has 0 aliphatic carbocycles. The lowest BCUT2D eigenvalue weighted by atomic mass is 10.1. The van der Waals surface area contributed by atoms with Crippen molar-refractivity contribution >= 4 is 11.8 Å². The number of Topliss-reactive ketones (excluding diaryl/α,β-unsaturated/α-hetero) is 1. The third-order valence-corrected chi connectivity index (χ3v) is 2.29. The van der Waals surface area contributed by atoms with Gasteiger partial charge in [0.2, 0.25) is 0 Å². The number of ketones is 1. The van der Waals surface area contributed by atoms with Crippen LogP contribution in [0.5, 0.6) is 0 Å². The molecule has 0 aliphatic heterocycles. The van der Waals surface area contributed by atoms with E-state index in [-0.39, 0.29) is 18.4 Å². The number of carbonyl (C=O) groups is 2. The van der Waals surface area contributed by atoms with E-state index in [0.29, 0.717) is 12.8 Å². The van der Waals surface area contributed by atoms with Crippen molar-refractivity contribution in [1.29, 1.82) is 0 Å². The predicted molar refractivity (Wildman–Crippen MR) is 73.2 cm³/mol. The van der Waals surface area contributed by atoms with Crippen LogP contribution < -0.4 is 0 Å². The van der Waals surface area contributed by atoms with Crippen LogP contribution in [-0.2, 0) is 14.3 Å². The van der Waals surface area contributed by atoms with Crippen molar-refractivity contribution < 1.29 is 14.3 Å². The van der Waals surface area contributed by atoms with Crippen LogP contribution in [0, 0.1) is 0 Å². The van der Waals surface area contributed by atoms with Crippen LogP contribution in [0.1, 0.15) is 38.5 Å². The standard InChI is InChI=1S/C15H22O3/c1-3-5-7-10-14(16)11-8-6-9-12-15(17)18-13-4-2/h3-4,9,12H,1-2,5-8,10-11,13H2/b12-9+. The summed E-state index contributed by atoms with van der Waals surface area (Å²) in [4.78, 5) is 22.4. The van der Waals surface area contributed by atoms with Crippen LogP contribution in [0.3, 0.4) is 0 Å². The van der Waals surface area contributed by atoms with E-state index in [0.717, 1.165) is 25.7 Å². The highest BCUT2D eigenvalue weighted by Gasteiger charge is 2.00. The fourth-order valence-electron chi connectivity index (χ4n) is 1.35. The van der Waals surface area contributed by atoms with Gasteiger partial charge in [-0.2, -0.15) is 0 Å². The van der Waals surface area contributed by atoms with Gasteiger partial charge in [-0.1, -0.05) is 24.8 Å². The first-order chi connectivity index (χ1) is 8.70. The maximum absolute atomic E-state index is 11.4. The van der Waals surface area contributed by atoms with Gasteiger partial charge in [-0.05, 0) is 25.7 Å². The van der Waals surface area contributed by atoms with Crippen LogP contribution in [0.2, 0.25) is 0 Å². The van der Waals surface area contributed by atoms with E-state index in [4.69, 9.17) is 4.74 Å². The number of unbranched alkanes of at least 4 members (excludes halogenated alkanes) is 2. The zero-order valence-corrected chi connectivity index (χ0v) is 10.9. The minimum absolute atomic E-state index is 0.227. The van der Waals surface area contributed by atoms with Crippen LogP contribution in [-0.4, -0.2) is 18.4 Å². The van der Waals surface area contributed by atoms with Crippen molar-refractivity contribution in [3.8, 4) is 0 Å². The Hall–Kier alpha value is -1.64. The van der Waals surface area contributed by atoms with Gasteiger partial charge in [0, 0.05) is 18.9 Å². The molecule has 3 nitrogen and oxygen atoms in total. The molecule has 0 bridgehead atoms. The van der Waals surface area contributed by atoms with Gasteiger partial charge in [-0.25, -0.2) is 4.79 Å². The first kappa shape index (κ1) is 16.4. The molecule has 3 heteroatoms. The van der Waals surface area contributed by atoms with Gasteiger partial charge < -0.3 is 4.74 Å². The average molecular weight is 250 g/mol. The summed E-state index contributed by atoms with van der Waals surface area (Å²) in [7, 11) is 0. The second-order valence-corrected chi connectivity index (χ2v) is 3.93. The van der Waals surface area contributed by atoms with Crippen molar-refractivity contribution in [2.45, 2.75) is 38.5 Å². The molecule has 0 heterocycles. The maximum atomic E-state index is 11.4. The van der Waals surface area contributed by atoms with Crippen molar-refractivity contribution in [2.75, 3.05) is 6.61 Å². The molecule has 0 aliphatic rings. The molecule has 0 saturated carbocycles. The van der Waals surface area contributed by atoms with Gasteiger partial charge in [0.1, 0.15) is 12.4 Å². The first-order valence-electron chi connectivity index (χ1n) is 6.27. The lowest BCUT2D eigenvalue weighted by Gasteiger charge is -1.98. The van der Waals surface area contributed by atoms with Crippen molar-refractivity contribution in [1.82, 2.24) is 0 Å². The Morgan fingerprint density at radius 1 is 1.00 bits per heavy atom. The van der Waals surface area contributed by atoms with E-state index in [1.807, 2.05) is 6.08 Å². The normalized spacial score (nSPS) is 10.2. The number of hydrogen-bond acceptors (Lipinski definition) is 3. The number of hydrogen-bond donors (Lipinski definition) is 0. The molecule has 0 aromatic heterocycles. The zero-order chi connectivity index (χ0) is 13.6. The first-order valence-corrected chi connectivity index (χ1v) is 6.27. The molecular weight excluding hydrogens is 228 g/mol. The molecule has 0 spiro atoms. The molecule has 0 radical (unpaired) electrons. The molecule has 18 heavy (non-hydrogen) atoms. The highest BCUT2D eigenvalue weighted by molar-refractivity contribution is 5.82. The predicted octanol–water partition coefficient (Wildman–Crippen LogP) is 3.37. The van der Waals surface area contributed by atoms with Gasteiger partial charge in [0.05, 0.1) is 0 Å². The largest absolute Gasteiger partial charge is 0.458 e. The number of carbonyl (C=O) groups excluding carboxylic acids is 2. The quantitative estimate of drug-likeness (QED) is 0.244. The number of esters is 1. The number of allylic oxidation sites excluding steroid dienone is 2. The summed E-state index contributed by atoms with van der Waals surface area (Å²) in [6.45, 7) is 7.29. The summed E-state index contributed by atoms with van der Waals surface area (Å²) >= 11 is 0. The summed E-state index contributed by atoms with van der Waals surface area (Å²) in [5.74, 6) is -0.0910. The van der Waals surface area contributed by atoms with E-state index >= 15 is 0 Å². The van der Waals surface area contributed by atoms with E-state index in [2.05, 4.69) is 13.2 Å². The third kappa shape index (κ3) is 10.9. The smallest absolute Gasteiger partial charge is 0.330 e. The summed E-state index contributed by atoms with van der Waals surface area (Å²) in [5.41, 5.74) is 0. The van der Waals surface area contributed by atoms with Gasteiger partial charge in [-0.3, -0.25) is 4.79 Å². The molecule has 0 unspecified atom stereocenters. The van der Waals surface area contributed by atoms with Gasteiger partial charge >= 0.3 is 5.97 Å². The summed E-state index contributed by atoms with van der Waals surface area (Å²) < 4.78 is 4.76. The molecule has 0 N–H and O–H groups in total. The van der Waals surface area contributed by atoms with Crippen LogP contribution in [0.15, 0.2) is 37.5 Å². The second kappa shape index (κ2) is 11.8. The van der Waals surface area contributed by atoms with Gasteiger partial charge in [-0.15, -0.1) is 6.58 Å². The Morgan fingerprint density at radius 2 is 1.67 bits per heavy atom. The lowest BCUT2D eigenvalue weighted by Crippen LogP contribution is -2.00. The topological polar surface area (TPSA) is 43.4 Å².